The van der Waals surface area contributed by atoms with Crippen LogP contribution in [0.15, 0.2) is 48.5 Å². The Balaban J connectivity index is 2.24. The molecule has 0 saturated carbocycles. The molecule has 0 bridgehead atoms. The lowest BCUT2D eigenvalue weighted by Gasteiger charge is -2.23. The summed E-state index contributed by atoms with van der Waals surface area (Å²) in [5.41, 5.74) is 8.10. The molecule has 19 heavy (non-hydrogen) atoms. The maximum absolute atomic E-state index is 6.03. The third-order valence-electron chi connectivity index (χ3n) is 3.00. The van der Waals surface area contributed by atoms with Gasteiger partial charge in [-0.05, 0) is 43.2 Å². The number of aryl methyl sites for hydroxylation is 1. The van der Waals surface area contributed by atoms with Crippen LogP contribution in [0.2, 0.25) is 5.02 Å². The zero-order chi connectivity index (χ0) is 13.8. The number of halogens is 1. The topological polar surface area (TPSA) is 35.2 Å². The summed E-state index contributed by atoms with van der Waals surface area (Å²) in [6.45, 7) is 3.90. The molecule has 2 nitrogen and oxygen atoms in total. The van der Waals surface area contributed by atoms with Crippen molar-refractivity contribution in [3.05, 3.63) is 64.7 Å². The summed E-state index contributed by atoms with van der Waals surface area (Å²) >= 11 is 6.02. The van der Waals surface area contributed by atoms with Crippen molar-refractivity contribution in [1.82, 2.24) is 0 Å². The molecule has 0 heterocycles. The van der Waals surface area contributed by atoms with Gasteiger partial charge in [0.05, 0.1) is 0 Å². The van der Waals surface area contributed by atoms with Crippen LogP contribution >= 0.6 is 11.6 Å². The standard InChI is InChI=1S/C16H18ClNO/c1-11-10-14(8-9-15(11)17)19-16(12(2)18)13-6-4-3-5-7-13/h3-10,12,16H,18H2,1-2H3. The molecule has 0 radical (unpaired) electrons. The van der Waals surface area contributed by atoms with Gasteiger partial charge in [-0.15, -0.1) is 0 Å². The molecule has 2 atom stereocenters. The maximum Gasteiger partial charge on any atom is 0.138 e. The van der Waals surface area contributed by atoms with Gasteiger partial charge >= 0.3 is 0 Å². The van der Waals surface area contributed by atoms with Gasteiger partial charge in [0, 0.05) is 11.1 Å². The van der Waals surface area contributed by atoms with Crippen molar-refractivity contribution in [2.75, 3.05) is 0 Å². The Labute approximate surface area is 119 Å². The molecular formula is C16H18ClNO. The zero-order valence-electron chi connectivity index (χ0n) is 11.1. The largest absolute Gasteiger partial charge is 0.484 e. The van der Waals surface area contributed by atoms with Crippen LogP contribution in [-0.4, -0.2) is 6.04 Å². The Morgan fingerprint density at radius 2 is 1.79 bits per heavy atom. The Morgan fingerprint density at radius 3 is 2.37 bits per heavy atom. The van der Waals surface area contributed by atoms with E-state index in [0.29, 0.717) is 0 Å². The fraction of sp³-hybridized carbons (Fsp3) is 0.250. The van der Waals surface area contributed by atoms with Gasteiger partial charge in [0.1, 0.15) is 11.9 Å². The average molecular weight is 276 g/mol. The van der Waals surface area contributed by atoms with Gasteiger partial charge in [-0.1, -0.05) is 41.9 Å². The minimum absolute atomic E-state index is 0.0987. The summed E-state index contributed by atoms with van der Waals surface area (Å²) in [5.74, 6) is 0.785. The first-order valence-corrected chi connectivity index (χ1v) is 6.69. The van der Waals surface area contributed by atoms with Crippen LogP contribution in [-0.2, 0) is 0 Å². The Bertz CT molecular complexity index is 540. The fourth-order valence-corrected chi connectivity index (χ4v) is 2.08. The molecular weight excluding hydrogens is 258 g/mol. The Hall–Kier alpha value is -1.51. The first-order chi connectivity index (χ1) is 9.08. The second-order valence-corrected chi connectivity index (χ2v) is 5.13. The van der Waals surface area contributed by atoms with Crippen LogP contribution in [0.4, 0.5) is 0 Å². The molecule has 0 aromatic heterocycles. The predicted molar refractivity (Wildman–Crippen MR) is 79.6 cm³/mol. The quantitative estimate of drug-likeness (QED) is 0.911. The van der Waals surface area contributed by atoms with Crippen LogP contribution in [0.3, 0.4) is 0 Å². The average Bonchev–Trinajstić information content (AvgIpc) is 2.40. The van der Waals surface area contributed by atoms with Gasteiger partial charge < -0.3 is 10.5 Å². The van der Waals surface area contributed by atoms with Crippen LogP contribution in [0.1, 0.15) is 24.2 Å². The van der Waals surface area contributed by atoms with Crippen molar-refractivity contribution in [1.29, 1.82) is 0 Å². The van der Waals surface area contributed by atoms with Crippen LogP contribution < -0.4 is 10.5 Å². The molecule has 0 amide bonds. The molecule has 2 aromatic carbocycles. The molecule has 0 saturated heterocycles. The lowest BCUT2D eigenvalue weighted by atomic mass is 10.0. The number of hydrogen-bond donors (Lipinski definition) is 1. The van der Waals surface area contributed by atoms with Gasteiger partial charge in [-0.25, -0.2) is 0 Å². The normalized spacial score (nSPS) is 13.9. The molecule has 0 aliphatic rings. The van der Waals surface area contributed by atoms with Gasteiger partial charge in [-0.3, -0.25) is 0 Å². The smallest absolute Gasteiger partial charge is 0.138 e. The van der Waals surface area contributed by atoms with E-state index < -0.39 is 0 Å². The monoisotopic (exact) mass is 275 g/mol. The fourth-order valence-electron chi connectivity index (χ4n) is 1.96. The van der Waals surface area contributed by atoms with Gasteiger partial charge in [0.25, 0.3) is 0 Å². The van der Waals surface area contributed by atoms with Crippen molar-refractivity contribution >= 4 is 11.6 Å². The zero-order valence-corrected chi connectivity index (χ0v) is 11.9. The third kappa shape index (κ3) is 3.49. The summed E-state index contributed by atoms with van der Waals surface area (Å²) in [6, 6.07) is 15.5. The Morgan fingerprint density at radius 1 is 1.11 bits per heavy atom. The lowest BCUT2D eigenvalue weighted by molar-refractivity contribution is 0.180. The second kappa shape index (κ2) is 6.09. The highest BCUT2D eigenvalue weighted by Crippen LogP contribution is 2.27. The molecule has 2 rings (SSSR count). The number of ether oxygens (including phenoxy) is 1. The lowest BCUT2D eigenvalue weighted by Crippen LogP contribution is -2.29. The van der Waals surface area contributed by atoms with Crippen LogP contribution in [0.5, 0.6) is 5.75 Å². The number of rotatable bonds is 4. The molecule has 0 spiro atoms. The highest BCUT2D eigenvalue weighted by Gasteiger charge is 2.18. The van der Waals surface area contributed by atoms with Crippen molar-refractivity contribution in [2.45, 2.75) is 26.0 Å². The molecule has 2 unspecified atom stereocenters. The van der Waals surface area contributed by atoms with Gasteiger partial charge in [-0.2, -0.15) is 0 Å². The molecule has 0 aliphatic carbocycles. The van der Waals surface area contributed by atoms with E-state index in [2.05, 4.69) is 0 Å². The van der Waals surface area contributed by atoms with Crippen molar-refractivity contribution in [3.8, 4) is 5.75 Å². The summed E-state index contributed by atoms with van der Waals surface area (Å²) < 4.78 is 6.01. The summed E-state index contributed by atoms with van der Waals surface area (Å²) in [6.07, 6.45) is -0.165. The Kier molecular flexibility index (Phi) is 4.46. The number of nitrogens with two attached hydrogens (primary N) is 1. The number of benzene rings is 2. The molecule has 2 N–H and O–H groups in total. The van der Waals surface area contributed by atoms with Crippen molar-refractivity contribution in [3.63, 3.8) is 0 Å². The van der Waals surface area contributed by atoms with E-state index in [-0.39, 0.29) is 12.1 Å². The van der Waals surface area contributed by atoms with E-state index in [4.69, 9.17) is 22.1 Å². The van der Waals surface area contributed by atoms with E-state index in [9.17, 15) is 0 Å². The minimum atomic E-state index is -0.165. The van der Waals surface area contributed by atoms with Gasteiger partial charge in [0.15, 0.2) is 0 Å². The molecule has 3 heteroatoms. The SMILES string of the molecule is Cc1cc(OC(c2ccccc2)C(C)N)ccc1Cl. The van der Waals surface area contributed by atoms with E-state index in [0.717, 1.165) is 21.9 Å². The summed E-state index contributed by atoms with van der Waals surface area (Å²) in [4.78, 5) is 0. The first-order valence-electron chi connectivity index (χ1n) is 6.31. The van der Waals surface area contributed by atoms with Crippen LogP contribution in [0.25, 0.3) is 0 Å². The van der Waals surface area contributed by atoms with Gasteiger partial charge in [0.2, 0.25) is 0 Å². The molecule has 0 fully saturated rings. The van der Waals surface area contributed by atoms with E-state index in [1.165, 1.54) is 0 Å². The molecule has 0 aliphatic heterocycles. The first kappa shape index (κ1) is 13.9. The highest BCUT2D eigenvalue weighted by atomic mass is 35.5. The highest BCUT2D eigenvalue weighted by molar-refractivity contribution is 6.31. The van der Waals surface area contributed by atoms with Crippen molar-refractivity contribution in [2.24, 2.45) is 5.73 Å². The molecule has 100 valence electrons. The minimum Gasteiger partial charge on any atom is -0.484 e. The predicted octanol–water partition coefficient (Wildman–Crippen LogP) is 4.12. The molecule has 2 aromatic rings. The summed E-state index contributed by atoms with van der Waals surface area (Å²) in [7, 11) is 0. The van der Waals surface area contributed by atoms with Crippen LogP contribution in [0, 0.1) is 6.92 Å². The summed E-state index contributed by atoms with van der Waals surface area (Å²) in [5, 5.41) is 0.740. The van der Waals surface area contributed by atoms with E-state index >= 15 is 0 Å². The maximum atomic E-state index is 6.03. The van der Waals surface area contributed by atoms with Crippen molar-refractivity contribution < 1.29 is 4.74 Å². The van der Waals surface area contributed by atoms with E-state index in [1.807, 2.05) is 62.4 Å². The third-order valence-corrected chi connectivity index (χ3v) is 3.42. The van der Waals surface area contributed by atoms with E-state index in [1.54, 1.807) is 0 Å². The number of hydrogen-bond acceptors (Lipinski definition) is 2. The second-order valence-electron chi connectivity index (χ2n) is 4.72.